The zero-order chi connectivity index (χ0) is 80.8. The highest BCUT2D eigenvalue weighted by molar-refractivity contribution is 7.92. The van der Waals surface area contributed by atoms with Crippen LogP contribution in [0.1, 0.15) is 115 Å². The minimum Gasteiger partial charge on any atom is -0.481 e. The number of nitrogens with two attached hydrogens (primary N) is 1. The number of amides is 10. The fraction of sp³-hybridized carbons (Fsp3) is 0.442. The Morgan fingerprint density at radius 2 is 1.38 bits per heavy atom. The lowest BCUT2D eigenvalue weighted by molar-refractivity contribution is -0.143. The second-order valence-corrected chi connectivity index (χ2v) is 29.5. The fourth-order valence-corrected chi connectivity index (χ4v) is 13.5. The van der Waals surface area contributed by atoms with Crippen molar-refractivity contribution in [2.45, 2.75) is 134 Å². The summed E-state index contributed by atoms with van der Waals surface area (Å²) in [6.07, 6.45) is 0.476. The Labute approximate surface area is 643 Å². The first kappa shape index (κ1) is 87.6. The number of aliphatic carboxylic acids is 1. The number of benzene rings is 5. The van der Waals surface area contributed by atoms with Crippen LogP contribution >= 0.6 is 0 Å². The first-order valence-corrected chi connectivity index (χ1v) is 38.1. The maximum absolute atomic E-state index is 15.3. The number of carbonyl (C=O) groups excluding carboxylic acids is 8. The second-order valence-electron chi connectivity index (χ2n) is 27.8. The number of hydrogen-bond acceptors (Lipinski definition) is 18. The van der Waals surface area contributed by atoms with Crippen LogP contribution in [0.4, 0.5) is 41.1 Å². The van der Waals surface area contributed by atoms with Gasteiger partial charge in [-0.2, -0.15) is 0 Å². The average molecular weight is 1570 g/mol. The van der Waals surface area contributed by atoms with Crippen molar-refractivity contribution in [1.29, 1.82) is 0 Å². The highest BCUT2D eigenvalue weighted by Crippen LogP contribution is 2.41. The minimum atomic E-state index is -4.17. The van der Waals surface area contributed by atoms with Crippen molar-refractivity contribution in [3.8, 4) is 11.1 Å². The molecule has 31 nitrogen and oxygen atoms in total. The van der Waals surface area contributed by atoms with Crippen molar-refractivity contribution in [3.63, 3.8) is 0 Å². The van der Waals surface area contributed by atoms with E-state index < -0.39 is 142 Å². The summed E-state index contributed by atoms with van der Waals surface area (Å²) in [7, 11) is -4.17. The second kappa shape index (κ2) is 43.1. The van der Waals surface area contributed by atoms with E-state index in [-0.39, 0.29) is 107 Å². The molecule has 6 atom stereocenters. The lowest BCUT2D eigenvalue weighted by Crippen LogP contribution is -2.57. The number of primary amides is 1. The first-order valence-electron chi connectivity index (χ1n) is 36.6. The molecule has 10 amide bonds. The largest absolute Gasteiger partial charge is 0.481 e. The topological polar surface area (TPSA) is 434 Å². The van der Waals surface area contributed by atoms with Gasteiger partial charge < -0.3 is 92.2 Å². The molecule has 0 aliphatic carbocycles. The van der Waals surface area contributed by atoms with Gasteiger partial charge >= 0.3 is 18.0 Å². The Kier molecular flexibility index (Phi) is 34.0. The summed E-state index contributed by atoms with van der Waals surface area (Å²) in [5, 5.41) is 55.4. The summed E-state index contributed by atoms with van der Waals surface area (Å²) >= 11 is 0. The van der Waals surface area contributed by atoms with E-state index in [0.717, 1.165) is 23.8 Å². The molecule has 111 heavy (non-hydrogen) atoms. The first-order chi connectivity index (χ1) is 52.9. The molecule has 1 saturated heterocycles. The highest BCUT2D eigenvalue weighted by atomic mass is 32.2. The van der Waals surface area contributed by atoms with Crippen molar-refractivity contribution in [3.05, 3.63) is 162 Å². The fourth-order valence-electron chi connectivity index (χ4n) is 12.4. The van der Waals surface area contributed by atoms with Crippen LogP contribution in [0.3, 0.4) is 0 Å². The number of rotatable bonds is 44. The quantitative estimate of drug-likeness (QED) is 0.0144. The number of urea groups is 2. The minimum absolute atomic E-state index is 0.0310. The van der Waals surface area contributed by atoms with E-state index in [4.69, 9.17) is 19.9 Å². The van der Waals surface area contributed by atoms with Crippen LogP contribution in [0.2, 0.25) is 0 Å². The number of carboxylic acids is 1. The molecule has 15 N–H and O–H groups in total. The Morgan fingerprint density at radius 1 is 0.721 bits per heavy atom. The van der Waals surface area contributed by atoms with Gasteiger partial charge in [-0.3, -0.25) is 43.6 Å². The molecular weight excluding hydrogens is 1460 g/mol. The van der Waals surface area contributed by atoms with Crippen LogP contribution in [-0.4, -0.2) is 195 Å². The van der Waals surface area contributed by atoms with E-state index in [1.54, 1.807) is 56.4 Å². The van der Waals surface area contributed by atoms with E-state index in [9.17, 15) is 71.3 Å². The maximum Gasteiger partial charge on any atom is 0.319 e. The van der Waals surface area contributed by atoms with Crippen LogP contribution in [-0.2, 0) is 64.3 Å². The van der Waals surface area contributed by atoms with Crippen LogP contribution in [0.25, 0.3) is 11.1 Å². The van der Waals surface area contributed by atoms with Gasteiger partial charge in [0, 0.05) is 97.5 Å². The summed E-state index contributed by atoms with van der Waals surface area (Å²) in [6.45, 7) is 12.0. The highest BCUT2D eigenvalue weighted by Gasteiger charge is 2.41. The summed E-state index contributed by atoms with van der Waals surface area (Å²) < 4.78 is 77.6. The summed E-state index contributed by atoms with van der Waals surface area (Å²) in [6, 6.07) is 25.9. The van der Waals surface area contributed by atoms with Crippen molar-refractivity contribution >= 4 is 86.2 Å². The Morgan fingerprint density at radius 3 is 2.05 bits per heavy atom. The number of aliphatic hydroxyl groups excluding tert-OH is 2. The van der Waals surface area contributed by atoms with Crippen molar-refractivity contribution in [2.75, 3.05) is 99.6 Å². The molecule has 0 radical (unpaired) electrons. The summed E-state index contributed by atoms with van der Waals surface area (Å²) in [4.78, 5) is 121. The SMILES string of the molecule is CCCNC(=O)Nc1cccc(S(=O)(=O)Nc2cccc([C@@H](CC(=O)O)NC(O)Nc3ccc(NC(=O)NCCOCCOCCOCCC(=O)N[C@@H](CC(N)=O)C(=O)N4CCC[C@H]4C(=O)N[C@H](C(=O)NCCCN(C(=O)CO)[C@@H](c4cc(-c5cc(F)ccc5F)cn4Cc4ccccc4)C(C)(C)C)C(C)C)cc3)c2)c1. The lowest BCUT2D eigenvalue weighted by atomic mass is 9.83. The third kappa shape index (κ3) is 28.0. The van der Waals surface area contributed by atoms with E-state index in [1.165, 1.54) is 52.3 Å². The number of likely N-dealkylation sites (tertiary alicyclic amines) is 1. The van der Waals surface area contributed by atoms with E-state index >= 15 is 4.39 Å². The number of ether oxygens (including phenoxy) is 3. The predicted octanol–water partition coefficient (Wildman–Crippen LogP) is 6.48. The summed E-state index contributed by atoms with van der Waals surface area (Å²) in [5.41, 5.74) is 8.24. The van der Waals surface area contributed by atoms with Crippen LogP contribution < -0.4 is 58.3 Å². The third-order valence-corrected chi connectivity index (χ3v) is 19.0. The number of carboxylic acid groups (broad SMARTS) is 1. The lowest BCUT2D eigenvalue weighted by Gasteiger charge is -2.41. The number of nitrogens with one attached hydrogen (secondary N) is 10. The number of sulfonamides is 1. The number of aromatic nitrogens is 1. The van der Waals surface area contributed by atoms with Crippen LogP contribution in [0.5, 0.6) is 0 Å². The third-order valence-electron chi connectivity index (χ3n) is 17.6. The Balaban J connectivity index is 0.778. The van der Waals surface area contributed by atoms with Crippen molar-refractivity contribution in [1.82, 2.24) is 46.3 Å². The molecule has 0 bridgehead atoms. The van der Waals surface area contributed by atoms with Gasteiger partial charge in [0.25, 0.3) is 10.0 Å². The van der Waals surface area contributed by atoms with Crippen LogP contribution in [0.15, 0.2) is 138 Å². The Hall–Kier alpha value is -10.6. The molecule has 34 heteroatoms. The normalized spacial score (nSPS) is 14.2. The maximum atomic E-state index is 15.3. The van der Waals surface area contributed by atoms with Gasteiger partial charge in [-0.25, -0.2) is 26.8 Å². The molecule has 5 aromatic carbocycles. The van der Waals surface area contributed by atoms with Gasteiger partial charge in [0.15, 0.2) is 6.35 Å². The molecule has 6 aromatic rings. The number of anilines is 4. The van der Waals surface area contributed by atoms with Gasteiger partial charge in [0.2, 0.25) is 35.4 Å². The molecule has 1 fully saturated rings. The smallest absolute Gasteiger partial charge is 0.319 e. The van der Waals surface area contributed by atoms with Gasteiger partial charge in [0.1, 0.15) is 36.4 Å². The zero-order valence-electron chi connectivity index (χ0n) is 63.0. The average Bonchev–Trinajstić information content (AvgIpc) is 1.64. The molecule has 602 valence electrons. The number of nitrogens with zero attached hydrogens (tertiary/aromatic N) is 3. The van der Waals surface area contributed by atoms with E-state index in [1.807, 2.05) is 62.6 Å². The molecular formula is C77H102F2N14O17S. The number of halogens is 2. The summed E-state index contributed by atoms with van der Waals surface area (Å²) in [5.74, 6) is -6.93. The molecule has 1 aliphatic rings. The predicted molar refractivity (Wildman–Crippen MR) is 410 cm³/mol. The molecule has 0 spiro atoms. The molecule has 1 unspecified atom stereocenters. The van der Waals surface area contributed by atoms with Gasteiger partial charge in [0.05, 0.1) is 63.4 Å². The van der Waals surface area contributed by atoms with Gasteiger partial charge in [-0.1, -0.05) is 90.1 Å². The van der Waals surface area contributed by atoms with Crippen molar-refractivity contribution in [2.24, 2.45) is 17.1 Å². The van der Waals surface area contributed by atoms with Crippen LogP contribution in [0, 0.1) is 23.0 Å². The molecule has 7 rings (SSSR count). The molecule has 1 aliphatic heterocycles. The van der Waals surface area contributed by atoms with Crippen molar-refractivity contribution < 1.29 is 89.9 Å². The Bertz CT molecular complexity index is 4230. The van der Waals surface area contributed by atoms with Gasteiger partial charge in [-0.05, 0) is 127 Å². The molecule has 1 aromatic heterocycles. The molecule has 0 saturated carbocycles. The van der Waals surface area contributed by atoms with E-state index in [2.05, 4.69) is 52.6 Å². The molecule has 2 heterocycles. The number of carbonyl (C=O) groups is 9. The number of aliphatic hydroxyl groups is 2. The van der Waals surface area contributed by atoms with E-state index in [0.29, 0.717) is 54.1 Å². The van der Waals surface area contributed by atoms with Gasteiger partial charge in [-0.15, -0.1) is 0 Å². The zero-order valence-corrected chi connectivity index (χ0v) is 63.8. The monoisotopic (exact) mass is 1560 g/mol. The number of hydrogen-bond donors (Lipinski definition) is 14. The standard InChI is InChI=1S/C77H102F2N14O17S/c1-7-29-82-74(103)86-56-18-12-20-58(43-56)111(106,107)90-57-19-11-17-51(40-57)61(45-68(98)99)88-76(105)85-55-25-23-54(24-26-55)84-75(104)83-31-35-109-37-39-110-38-36-108-34-28-66(96)87-62(44-65(80)95)73(102)92-32-13-21-63(92)71(100)89-69(49(2)3)72(101)81-30-14-33-93(67(97)48-94)70(77(4,5)6)64-41-52(59-42-53(78)22-27-60(59)79)47-91(64)46-50-15-9-8-10-16-50/h8-12,15-20,22-27,40-43,47,49,61-63,69-70,76,85,88,90,94,105H,7,13-14,21,28-39,44-46,48H2,1-6H3,(H2,80,95)(H,81,101)(H,87,96)(H,89,100)(H,98,99)(H2,82,86,103)(H2,83,84,104)/t61-,62+,63+,69+,70+,76?/m1/s1.